The Hall–Kier alpha value is -3.69. The van der Waals surface area contributed by atoms with Gasteiger partial charge in [0.1, 0.15) is 11.8 Å². The van der Waals surface area contributed by atoms with E-state index in [1.54, 1.807) is 54.7 Å². The minimum absolute atomic E-state index is 0.0570. The molecule has 132 valence electrons. The van der Waals surface area contributed by atoms with Gasteiger partial charge >= 0.3 is 5.69 Å². The van der Waals surface area contributed by atoms with Gasteiger partial charge in [-0.1, -0.05) is 35.9 Å². The Bertz CT molecular complexity index is 1060. The third-order valence-corrected chi connectivity index (χ3v) is 3.92. The summed E-state index contributed by atoms with van der Waals surface area (Å²) in [7, 11) is 0. The molecule has 0 aliphatic heterocycles. The first-order valence-corrected chi connectivity index (χ1v) is 8.20. The number of allylic oxidation sites excluding steroid dienone is 1. The van der Waals surface area contributed by atoms with Crippen LogP contribution in [0.3, 0.4) is 0 Å². The summed E-state index contributed by atoms with van der Waals surface area (Å²) in [6, 6.07) is 18.4. The standard InChI is InChI=1S/C20H12ClN3O3/c21-16-5-1-2-7-19(16)27-20-9-8-14(12-18(20)24(25)26)11-15(13-22)17-6-3-4-10-23-17/h1-12H. The summed E-state index contributed by atoms with van der Waals surface area (Å²) in [4.78, 5) is 15.0. The second kappa shape index (κ2) is 8.13. The van der Waals surface area contributed by atoms with E-state index in [1.165, 1.54) is 18.2 Å². The normalized spacial score (nSPS) is 10.9. The molecular weight excluding hydrogens is 366 g/mol. The molecule has 1 aromatic heterocycles. The third kappa shape index (κ3) is 4.29. The number of rotatable bonds is 5. The highest BCUT2D eigenvalue weighted by molar-refractivity contribution is 6.32. The zero-order valence-corrected chi connectivity index (χ0v) is 14.6. The minimum atomic E-state index is -0.545. The molecule has 0 radical (unpaired) electrons. The quantitative estimate of drug-likeness (QED) is 0.332. The van der Waals surface area contributed by atoms with Crippen molar-refractivity contribution in [2.24, 2.45) is 0 Å². The number of pyridine rings is 1. The van der Waals surface area contributed by atoms with E-state index < -0.39 is 4.92 Å². The van der Waals surface area contributed by atoms with E-state index in [2.05, 4.69) is 11.1 Å². The first kappa shape index (κ1) is 18.1. The average molecular weight is 378 g/mol. The van der Waals surface area contributed by atoms with E-state index in [9.17, 15) is 15.4 Å². The van der Waals surface area contributed by atoms with Crippen molar-refractivity contribution in [2.45, 2.75) is 0 Å². The molecule has 1 heterocycles. The molecule has 2 aromatic carbocycles. The average Bonchev–Trinajstić information content (AvgIpc) is 2.69. The molecule has 0 spiro atoms. The van der Waals surface area contributed by atoms with Crippen LogP contribution in [0.15, 0.2) is 66.9 Å². The van der Waals surface area contributed by atoms with Crippen molar-refractivity contribution in [1.82, 2.24) is 4.98 Å². The Morgan fingerprint density at radius 3 is 2.59 bits per heavy atom. The monoisotopic (exact) mass is 377 g/mol. The van der Waals surface area contributed by atoms with Crippen molar-refractivity contribution >= 4 is 28.9 Å². The second-order valence-electron chi connectivity index (χ2n) is 5.40. The van der Waals surface area contributed by atoms with Gasteiger partial charge in [-0.25, -0.2) is 0 Å². The topological polar surface area (TPSA) is 89.0 Å². The number of nitro groups is 1. The fraction of sp³-hybridized carbons (Fsp3) is 0. The Balaban J connectivity index is 1.99. The molecule has 0 unspecified atom stereocenters. The summed E-state index contributed by atoms with van der Waals surface area (Å²) < 4.78 is 5.60. The number of aromatic nitrogens is 1. The molecule has 7 heteroatoms. The van der Waals surface area contributed by atoms with Gasteiger partial charge in [-0.15, -0.1) is 0 Å². The summed E-state index contributed by atoms with van der Waals surface area (Å²) in [6.07, 6.45) is 3.11. The highest BCUT2D eigenvalue weighted by atomic mass is 35.5. The van der Waals surface area contributed by atoms with E-state index in [1.807, 2.05) is 0 Å². The lowest BCUT2D eigenvalue weighted by Gasteiger charge is -2.08. The lowest BCUT2D eigenvalue weighted by atomic mass is 10.1. The Morgan fingerprint density at radius 2 is 1.93 bits per heavy atom. The van der Waals surface area contributed by atoms with Gasteiger partial charge in [0.05, 0.1) is 21.2 Å². The maximum atomic E-state index is 11.5. The molecule has 0 bridgehead atoms. The molecular formula is C20H12ClN3O3. The fourth-order valence-electron chi connectivity index (χ4n) is 2.35. The van der Waals surface area contributed by atoms with Crippen LogP contribution in [0.5, 0.6) is 11.5 Å². The van der Waals surface area contributed by atoms with Crippen LogP contribution in [0, 0.1) is 21.4 Å². The lowest BCUT2D eigenvalue weighted by Crippen LogP contribution is -1.95. The number of halogens is 1. The van der Waals surface area contributed by atoms with E-state index in [0.29, 0.717) is 27.6 Å². The third-order valence-electron chi connectivity index (χ3n) is 3.61. The van der Waals surface area contributed by atoms with Crippen LogP contribution in [-0.2, 0) is 0 Å². The predicted octanol–water partition coefficient (Wildman–Crippen LogP) is 5.50. The van der Waals surface area contributed by atoms with Crippen molar-refractivity contribution in [1.29, 1.82) is 5.26 Å². The SMILES string of the molecule is N#CC(=Cc1ccc(Oc2ccccc2Cl)c([N+](=O)[O-])c1)c1ccccn1. The number of para-hydroxylation sites is 1. The Labute approximate surface area is 160 Å². The summed E-state index contributed by atoms with van der Waals surface area (Å²) in [5.74, 6) is 0.373. The number of ether oxygens (including phenoxy) is 1. The molecule has 0 N–H and O–H groups in total. The van der Waals surface area contributed by atoms with E-state index in [-0.39, 0.29) is 11.4 Å². The number of hydrogen-bond donors (Lipinski definition) is 0. The van der Waals surface area contributed by atoms with Gasteiger partial charge in [-0.2, -0.15) is 5.26 Å². The van der Waals surface area contributed by atoms with Crippen molar-refractivity contribution in [2.75, 3.05) is 0 Å². The summed E-state index contributed by atoms with van der Waals surface area (Å²) in [6.45, 7) is 0. The van der Waals surface area contributed by atoms with Crippen LogP contribution in [0.1, 0.15) is 11.3 Å². The van der Waals surface area contributed by atoms with Gasteiger partial charge in [0.2, 0.25) is 5.75 Å². The Morgan fingerprint density at radius 1 is 1.15 bits per heavy atom. The van der Waals surface area contributed by atoms with Crippen molar-refractivity contribution in [3.05, 3.63) is 93.3 Å². The van der Waals surface area contributed by atoms with E-state index in [0.717, 1.165) is 0 Å². The molecule has 0 aliphatic rings. The lowest BCUT2D eigenvalue weighted by molar-refractivity contribution is -0.385. The van der Waals surface area contributed by atoms with E-state index >= 15 is 0 Å². The Kier molecular flexibility index (Phi) is 5.45. The molecule has 3 rings (SSSR count). The van der Waals surface area contributed by atoms with Crippen LogP contribution in [0.25, 0.3) is 11.6 Å². The van der Waals surface area contributed by atoms with Gasteiger partial charge in [0, 0.05) is 12.3 Å². The highest BCUT2D eigenvalue weighted by Crippen LogP contribution is 2.35. The maximum Gasteiger partial charge on any atom is 0.312 e. The molecule has 0 aliphatic carbocycles. The number of hydrogen-bond acceptors (Lipinski definition) is 5. The van der Waals surface area contributed by atoms with Crippen LogP contribution >= 0.6 is 11.6 Å². The van der Waals surface area contributed by atoms with Crippen LogP contribution in [-0.4, -0.2) is 9.91 Å². The van der Waals surface area contributed by atoms with Gasteiger partial charge < -0.3 is 4.74 Å². The predicted molar refractivity (Wildman–Crippen MR) is 102 cm³/mol. The van der Waals surface area contributed by atoms with Gasteiger partial charge in [0.25, 0.3) is 0 Å². The van der Waals surface area contributed by atoms with Crippen molar-refractivity contribution < 1.29 is 9.66 Å². The van der Waals surface area contributed by atoms with Crippen molar-refractivity contribution in [3.8, 4) is 17.6 Å². The summed E-state index contributed by atoms with van der Waals surface area (Å²) in [5, 5.41) is 21.2. The molecule has 3 aromatic rings. The molecule has 0 saturated carbocycles. The smallest absolute Gasteiger partial charge is 0.312 e. The largest absolute Gasteiger partial charge is 0.449 e. The minimum Gasteiger partial charge on any atom is -0.449 e. The zero-order chi connectivity index (χ0) is 19.2. The number of benzene rings is 2. The van der Waals surface area contributed by atoms with Crippen molar-refractivity contribution in [3.63, 3.8) is 0 Å². The molecule has 27 heavy (non-hydrogen) atoms. The van der Waals surface area contributed by atoms with Gasteiger partial charge in [0.15, 0.2) is 0 Å². The fourth-order valence-corrected chi connectivity index (χ4v) is 2.53. The highest BCUT2D eigenvalue weighted by Gasteiger charge is 2.17. The number of nitro benzene ring substituents is 1. The first-order chi connectivity index (χ1) is 13.1. The van der Waals surface area contributed by atoms with E-state index in [4.69, 9.17) is 16.3 Å². The molecule has 0 atom stereocenters. The summed E-state index contributed by atoms with van der Waals surface area (Å²) in [5.41, 5.74) is 1.03. The number of nitrogens with zero attached hydrogens (tertiary/aromatic N) is 3. The summed E-state index contributed by atoms with van der Waals surface area (Å²) >= 11 is 6.05. The zero-order valence-electron chi connectivity index (χ0n) is 13.9. The molecule has 0 saturated heterocycles. The van der Waals surface area contributed by atoms with Crippen LogP contribution < -0.4 is 4.74 Å². The van der Waals surface area contributed by atoms with Gasteiger partial charge in [-0.3, -0.25) is 15.1 Å². The number of nitriles is 1. The molecule has 6 nitrogen and oxygen atoms in total. The maximum absolute atomic E-state index is 11.5. The van der Waals surface area contributed by atoms with Crippen LogP contribution in [0.2, 0.25) is 5.02 Å². The van der Waals surface area contributed by atoms with Crippen LogP contribution in [0.4, 0.5) is 5.69 Å². The second-order valence-corrected chi connectivity index (χ2v) is 5.81. The molecule has 0 fully saturated rings. The molecule has 0 amide bonds. The first-order valence-electron chi connectivity index (χ1n) is 7.82. The van der Waals surface area contributed by atoms with Gasteiger partial charge in [-0.05, 0) is 42.0 Å².